The summed E-state index contributed by atoms with van der Waals surface area (Å²) in [7, 11) is 0. The number of hydrogen-bond donors (Lipinski definition) is 3. The number of phenolic OH excluding ortho intramolecular Hbond substituents is 2. The maximum atomic E-state index is 12.9. The Labute approximate surface area is 222 Å². The number of carbonyl (C=O) groups excluding carboxylic acids is 1. The van der Waals surface area contributed by atoms with Gasteiger partial charge in [0, 0.05) is 44.5 Å². The molecule has 3 aliphatic rings. The third-order valence-electron chi connectivity index (χ3n) is 7.34. The largest absolute Gasteiger partial charge is 0.508 e. The number of benzene rings is 3. The quantitative estimate of drug-likeness (QED) is 0.484. The van der Waals surface area contributed by atoms with Crippen LogP contribution in [0, 0.1) is 0 Å². The summed E-state index contributed by atoms with van der Waals surface area (Å²) in [6.07, 6.45) is 6.57. The molecule has 6 rings (SSSR count). The molecule has 1 atom stereocenters. The predicted molar refractivity (Wildman–Crippen MR) is 148 cm³/mol. The molecular weight excluding hydrogens is 476 g/mol. The van der Waals surface area contributed by atoms with Crippen LogP contribution in [0.1, 0.15) is 21.5 Å². The molecule has 1 saturated heterocycles. The number of hydrogen-bond acceptors (Lipinski definition) is 6. The molecule has 0 saturated carbocycles. The highest BCUT2D eigenvalue weighted by molar-refractivity contribution is 5.94. The summed E-state index contributed by atoms with van der Waals surface area (Å²) in [5.74, 6) is 0.393. The molecule has 0 spiro atoms. The van der Waals surface area contributed by atoms with E-state index in [0.29, 0.717) is 18.7 Å². The van der Waals surface area contributed by atoms with E-state index in [1.165, 1.54) is 5.56 Å². The van der Waals surface area contributed by atoms with Crippen LogP contribution < -0.4 is 5.32 Å². The van der Waals surface area contributed by atoms with Crippen LogP contribution in [0.15, 0.2) is 103 Å². The molecule has 7 heteroatoms. The van der Waals surface area contributed by atoms with Crippen molar-refractivity contribution in [1.29, 1.82) is 0 Å². The summed E-state index contributed by atoms with van der Waals surface area (Å²) in [6, 6.07) is 24.1. The van der Waals surface area contributed by atoms with Gasteiger partial charge in [0.05, 0.1) is 11.4 Å². The molecule has 1 fully saturated rings. The fraction of sp³-hybridized carbons (Fsp3) is 0.194. The van der Waals surface area contributed by atoms with E-state index in [1.54, 1.807) is 36.4 Å². The number of nitrogens with one attached hydrogen (secondary N) is 1. The number of carbonyl (C=O) groups is 1. The lowest BCUT2D eigenvalue weighted by atomic mass is 10.0. The number of fused-ring (bicyclic) bond motifs is 1. The van der Waals surface area contributed by atoms with Gasteiger partial charge in [0.25, 0.3) is 5.91 Å². The van der Waals surface area contributed by atoms with E-state index in [0.717, 1.165) is 42.2 Å². The average molecular weight is 507 g/mol. The van der Waals surface area contributed by atoms with Gasteiger partial charge in [-0.1, -0.05) is 36.4 Å². The zero-order chi connectivity index (χ0) is 26.1. The third-order valence-corrected chi connectivity index (χ3v) is 7.34. The minimum Gasteiger partial charge on any atom is -0.508 e. The second kappa shape index (κ2) is 10.1. The van der Waals surface area contributed by atoms with Crippen molar-refractivity contribution in [3.8, 4) is 11.5 Å². The van der Waals surface area contributed by atoms with Crippen LogP contribution >= 0.6 is 0 Å². The standard InChI is InChI=1S/C31H30N4O3/c36-26-11-6-23(7-12-26)30-28(35-20-25(10-15-29(35)32-30)22-4-2-1-3-5-22)21-33-16-18-34(19-17-33)31(38)24-8-13-27(37)14-9-24/h1-15,20,29,32,36-37H,16-19,21H2. The van der Waals surface area contributed by atoms with Crippen molar-refractivity contribution in [3.63, 3.8) is 0 Å². The SMILES string of the molecule is O=C(c1ccc(O)cc1)N1CCN(CC2=C(c3ccc(O)cc3)NC3C=CC(c4ccccc4)=CN23)CC1. The molecular formula is C31H30N4O3. The molecule has 0 radical (unpaired) electrons. The number of amides is 1. The molecule has 38 heavy (non-hydrogen) atoms. The highest BCUT2D eigenvalue weighted by Crippen LogP contribution is 2.34. The van der Waals surface area contributed by atoms with Crippen LogP contribution in [0.5, 0.6) is 11.5 Å². The molecule has 3 heterocycles. The van der Waals surface area contributed by atoms with Crippen LogP contribution in [-0.2, 0) is 0 Å². The Morgan fingerprint density at radius 1 is 0.816 bits per heavy atom. The first-order chi connectivity index (χ1) is 18.5. The van der Waals surface area contributed by atoms with Crippen molar-refractivity contribution >= 4 is 17.2 Å². The second-order valence-corrected chi connectivity index (χ2v) is 9.79. The predicted octanol–water partition coefficient (Wildman–Crippen LogP) is 4.07. The van der Waals surface area contributed by atoms with Crippen molar-refractivity contribution < 1.29 is 15.0 Å². The van der Waals surface area contributed by atoms with Crippen LogP contribution in [-0.4, -0.2) is 69.7 Å². The van der Waals surface area contributed by atoms with Gasteiger partial charge in [0.1, 0.15) is 17.7 Å². The highest BCUT2D eigenvalue weighted by atomic mass is 16.3. The van der Waals surface area contributed by atoms with E-state index >= 15 is 0 Å². The smallest absolute Gasteiger partial charge is 0.253 e. The maximum absolute atomic E-state index is 12.9. The molecule has 7 nitrogen and oxygen atoms in total. The Morgan fingerprint density at radius 3 is 2.16 bits per heavy atom. The van der Waals surface area contributed by atoms with Gasteiger partial charge in [-0.25, -0.2) is 0 Å². The number of aromatic hydroxyl groups is 2. The van der Waals surface area contributed by atoms with Crippen LogP contribution in [0.2, 0.25) is 0 Å². The highest BCUT2D eigenvalue weighted by Gasteiger charge is 2.33. The first kappa shape index (κ1) is 23.9. The minimum atomic E-state index is -0.00662. The molecule has 3 aromatic rings. The Kier molecular flexibility index (Phi) is 6.35. The van der Waals surface area contributed by atoms with Crippen molar-refractivity contribution in [2.45, 2.75) is 6.17 Å². The molecule has 0 aromatic heterocycles. The second-order valence-electron chi connectivity index (χ2n) is 9.79. The van der Waals surface area contributed by atoms with Crippen LogP contribution in [0.3, 0.4) is 0 Å². The lowest BCUT2D eigenvalue weighted by Crippen LogP contribution is -2.49. The average Bonchev–Trinajstić information content (AvgIpc) is 3.32. The monoisotopic (exact) mass is 506 g/mol. The van der Waals surface area contributed by atoms with E-state index in [2.05, 4.69) is 57.7 Å². The Morgan fingerprint density at radius 2 is 1.47 bits per heavy atom. The number of phenols is 2. The van der Waals surface area contributed by atoms with Gasteiger partial charge in [-0.3, -0.25) is 9.69 Å². The van der Waals surface area contributed by atoms with Gasteiger partial charge in [-0.05, 0) is 71.3 Å². The third kappa shape index (κ3) is 4.76. The Bertz CT molecular complexity index is 1400. The number of rotatable bonds is 5. The van der Waals surface area contributed by atoms with Gasteiger partial charge in [-0.15, -0.1) is 0 Å². The van der Waals surface area contributed by atoms with Crippen molar-refractivity contribution in [2.75, 3.05) is 32.7 Å². The van der Waals surface area contributed by atoms with Crippen LogP contribution in [0.25, 0.3) is 11.3 Å². The summed E-state index contributed by atoms with van der Waals surface area (Å²) in [5, 5.41) is 23.0. The number of nitrogens with zero attached hydrogens (tertiary/aromatic N) is 3. The lowest BCUT2D eigenvalue weighted by Gasteiger charge is -2.36. The molecule has 1 unspecified atom stereocenters. The molecule has 0 bridgehead atoms. The minimum absolute atomic E-state index is 0.00662. The molecule has 1 amide bonds. The van der Waals surface area contributed by atoms with E-state index in [4.69, 9.17) is 0 Å². The Balaban J connectivity index is 1.23. The van der Waals surface area contributed by atoms with Gasteiger partial charge in [0.15, 0.2) is 0 Å². The van der Waals surface area contributed by atoms with Crippen molar-refractivity contribution in [3.05, 3.63) is 120 Å². The fourth-order valence-corrected chi connectivity index (χ4v) is 5.23. The first-order valence-corrected chi connectivity index (χ1v) is 12.9. The van der Waals surface area contributed by atoms with Gasteiger partial charge in [0.2, 0.25) is 0 Å². The van der Waals surface area contributed by atoms with E-state index in [1.807, 2.05) is 23.1 Å². The maximum Gasteiger partial charge on any atom is 0.253 e. The summed E-state index contributed by atoms with van der Waals surface area (Å²) in [6.45, 7) is 3.54. The van der Waals surface area contributed by atoms with E-state index < -0.39 is 0 Å². The molecule has 0 aliphatic carbocycles. The zero-order valence-electron chi connectivity index (χ0n) is 21.0. The van der Waals surface area contributed by atoms with Crippen LogP contribution in [0.4, 0.5) is 0 Å². The molecule has 3 aromatic carbocycles. The number of allylic oxidation sites excluding steroid dienone is 2. The van der Waals surface area contributed by atoms with Gasteiger partial charge in [-0.2, -0.15) is 0 Å². The molecule has 3 N–H and O–H groups in total. The molecule has 192 valence electrons. The van der Waals surface area contributed by atoms with Gasteiger partial charge >= 0.3 is 0 Å². The van der Waals surface area contributed by atoms with Crippen molar-refractivity contribution in [1.82, 2.24) is 20.0 Å². The summed E-state index contributed by atoms with van der Waals surface area (Å²) < 4.78 is 0. The molecule has 3 aliphatic heterocycles. The van der Waals surface area contributed by atoms with E-state index in [-0.39, 0.29) is 23.6 Å². The Hall–Kier alpha value is -4.49. The zero-order valence-corrected chi connectivity index (χ0v) is 21.0. The normalized spacial score (nSPS) is 19.3. The van der Waals surface area contributed by atoms with E-state index in [9.17, 15) is 15.0 Å². The summed E-state index contributed by atoms with van der Waals surface area (Å²) in [4.78, 5) is 19.5. The topological polar surface area (TPSA) is 79.3 Å². The van der Waals surface area contributed by atoms with Gasteiger partial charge < -0.3 is 25.3 Å². The van der Waals surface area contributed by atoms with Crippen molar-refractivity contribution in [2.24, 2.45) is 0 Å². The first-order valence-electron chi connectivity index (χ1n) is 12.9. The summed E-state index contributed by atoms with van der Waals surface area (Å²) >= 11 is 0. The number of piperazine rings is 1. The summed E-state index contributed by atoms with van der Waals surface area (Å²) in [5.41, 5.74) is 6.15. The fourth-order valence-electron chi connectivity index (χ4n) is 5.23. The lowest BCUT2D eigenvalue weighted by molar-refractivity contribution is 0.0642.